The Morgan fingerprint density at radius 2 is 2.15 bits per heavy atom. The number of benzene rings is 1. The Kier molecular flexibility index (Phi) is 2.85. The largest absolute Gasteiger partial charge is 0.490 e. The van der Waals surface area contributed by atoms with Crippen LogP contribution in [-0.4, -0.2) is 41.1 Å². The number of carboxylic acid groups (broad SMARTS) is 1. The highest BCUT2D eigenvalue weighted by atomic mass is 16.5. The number of ether oxygens (including phenoxy) is 1. The van der Waals surface area contributed by atoms with Gasteiger partial charge in [0.1, 0.15) is 12.4 Å². The Hall–Kier alpha value is -2.50. The number of fused-ring (bicyclic) bond motifs is 1. The van der Waals surface area contributed by atoms with Crippen molar-refractivity contribution in [2.24, 2.45) is 7.05 Å². The number of nitrogens with zero attached hydrogens (tertiary/aromatic N) is 3. The summed E-state index contributed by atoms with van der Waals surface area (Å²) in [6, 6.07) is 7.42. The minimum absolute atomic E-state index is 0.0401. The minimum atomic E-state index is -1.03. The van der Waals surface area contributed by atoms with Crippen LogP contribution in [0.2, 0.25) is 0 Å². The van der Waals surface area contributed by atoms with E-state index in [1.54, 1.807) is 17.8 Å². The second-order valence-electron chi connectivity index (χ2n) is 4.80. The van der Waals surface area contributed by atoms with E-state index in [0.29, 0.717) is 6.61 Å². The molecule has 1 aliphatic heterocycles. The van der Waals surface area contributed by atoms with Crippen LogP contribution >= 0.6 is 0 Å². The highest BCUT2D eigenvalue weighted by Crippen LogP contribution is 2.34. The van der Waals surface area contributed by atoms with Crippen LogP contribution < -0.4 is 9.64 Å². The van der Waals surface area contributed by atoms with Gasteiger partial charge in [-0.25, -0.2) is 4.79 Å². The SMILES string of the molecule is CN1CCOc2cc(-c3cc(C(=O)O)nn3C)ccc21. The van der Waals surface area contributed by atoms with E-state index >= 15 is 0 Å². The fourth-order valence-electron chi connectivity index (χ4n) is 2.36. The van der Waals surface area contributed by atoms with Crippen LogP contribution in [0.3, 0.4) is 0 Å². The number of rotatable bonds is 2. The fraction of sp³-hybridized carbons (Fsp3) is 0.286. The minimum Gasteiger partial charge on any atom is -0.490 e. The number of hydrogen-bond donors (Lipinski definition) is 1. The van der Waals surface area contributed by atoms with E-state index < -0.39 is 5.97 Å². The third-order valence-electron chi connectivity index (χ3n) is 3.45. The zero-order valence-corrected chi connectivity index (χ0v) is 11.3. The molecule has 104 valence electrons. The zero-order valence-electron chi connectivity index (χ0n) is 11.3. The highest BCUT2D eigenvalue weighted by molar-refractivity contribution is 5.87. The van der Waals surface area contributed by atoms with Gasteiger partial charge in [0.05, 0.1) is 17.9 Å². The van der Waals surface area contributed by atoms with Gasteiger partial charge in [-0.3, -0.25) is 4.68 Å². The summed E-state index contributed by atoms with van der Waals surface area (Å²) in [5, 5.41) is 13.0. The molecule has 2 aromatic rings. The molecule has 0 unspecified atom stereocenters. The molecule has 0 amide bonds. The molecule has 3 rings (SSSR count). The molecule has 0 fully saturated rings. The smallest absolute Gasteiger partial charge is 0.356 e. The molecule has 0 radical (unpaired) electrons. The number of carboxylic acids is 1. The average molecular weight is 273 g/mol. The Labute approximate surface area is 116 Å². The van der Waals surface area contributed by atoms with Gasteiger partial charge < -0.3 is 14.7 Å². The summed E-state index contributed by atoms with van der Waals surface area (Å²) >= 11 is 0. The molecule has 20 heavy (non-hydrogen) atoms. The second kappa shape index (κ2) is 4.56. The first-order valence-corrected chi connectivity index (χ1v) is 6.32. The van der Waals surface area contributed by atoms with Crippen molar-refractivity contribution < 1.29 is 14.6 Å². The van der Waals surface area contributed by atoms with E-state index in [-0.39, 0.29) is 5.69 Å². The molecule has 1 aliphatic rings. The Bertz CT molecular complexity index is 678. The zero-order chi connectivity index (χ0) is 14.3. The summed E-state index contributed by atoms with van der Waals surface area (Å²) in [5.74, 6) is -0.213. The molecule has 1 N–H and O–H groups in total. The van der Waals surface area contributed by atoms with Gasteiger partial charge in [-0.15, -0.1) is 0 Å². The molecule has 1 aromatic heterocycles. The molecular weight excluding hydrogens is 258 g/mol. The van der Waals surface area contributed by atoms with Crippen LogP contribution in [0.5, 0.6) is 5.75 Å². The first-order chi connectivity index (χ1) is 9.56. The van der Waals surface area contributed by atoms with Crippen molar-refractivity contribution in [1.82, 2.24) is 9.78 Å². The van der Waals surface area contributed by atoms with Gasteiger partial charge in [0.15, 0.2) is 5.69 Å². The first-order valence-electron chi connectivity index (χ1n) is 6.32. The lowest BCUT2D eigenvalue weighted by Gasteiger charge is -2.27. The van der Waals surface area contributed by atoms with Crippen LogP contribution in [0.25, 0.3) is 11.3 Å². The predicted octanol–water partition coefficient (Wildman–Crippen LogP) is 1.61. The lowest BCUT2D eigenvalue weighted by molar-refractivity contribution is 0.0689. The maximum absolute atomic E-state index is 11.0. The molecule has 6 heteroatoms. The molecule has 0 bridgehead atoms. The molecule has 2 heterocycles. The normalized spacial score (nSPS) is 13.8. The van der Waals surface area contributed by atoms with Gasteiger partial charge in [0, 0.05) is 19.7 Å². The van der Waals surface area contributed by atoms with Crippen LogP contribution in [-0.2, 0) is 7.05 Å². The lowest BCUT2D eigenvalue weighted by Crippen LogP contribution is -2.28. The van der Waals surface area contributed by atoms with Crippen LogP contribution in [0.4, 0.5) is 5.69 Å². The molecular formula is C14H15N3O3. The maximum Gasteiger partial charge on any atom is 0.356 e. The number of aromatic nitrogens is 2. The summed E-state index contributed by atoms with van der Waals surface area (Å²) in [4.78, 5) is 13.1. The number of likely N-dealkylation sites (N-methyl/N-ethyl adjacent to an activating group) is 1. The van der Waals surface area contributed by atoms with E-state index in [1.165, 1.54) is 0 Å². The Morgan fingerprint density at radius 1 is 1.35 bits per heavy atom. The van der Waals surface area contributed by atoms with Crippen molar-refractivity contribution in [3.05, 3.63) is 30.0 Å². The molecule has 0 atom stereocenters. The van der Waals surface area contributed by atoms with E-state index in [1.807, 2.05) is 25.2 Å². The predicted molar refractivity (Wildman–Crippen MR) is 74.4 cm³/mol. The topological polar surface area (TPSA) is 67.6 Å². The monoisotopic (exact) mass is 273 g/mol. The van der Waals surface area contributed by atoms with Gasteiger partial charge >= 0.3 is 5.97 Å². The number of aryl methyl sites for hydroxylation is 1. The summed E-state index contributed by atoms with van der Waals surface area (Å²) in [6.45, 7) is 1.51. The van der Waals surface area contributed by atoms with E-state index in [4.69, 9.17) is 9.84 Å². The molecule has 0 aliphatic carbocycles. The molecule has 6 nitrogen and oxygen atoms in total. The fourth-order valence-corrected chi connectivity index (χ4v) is 2.36. The average Bonchev–Trinajstić information content (AvgIpc) is 2.81. The maximum atomic E-state index is 11.0. The van der Waals surface area contributed by atoms with Crippen LogP contribution in [0, 0.1) is 0 Å². The van der Waals surface area contributed by atoms with Crippen LogP contribution in [0.1, 0.15) is 10.5 Å². The van der Waals surface area contributed by atoms with Crippen molar-refractivity contribution in [2.75, 3.05) is 25.1 Å². The Balaban J connectivity index is 2.05. The standard InChI is InChI=1S/C14H15N3O3/c1-16-5-6-20-13-7-9(3-4-11(13)16)12-8-10(14(18)19)15-17(12)2/h3-4,7-8H,5-6H2,1-2H3,(H,18,19). The van der Waals surface area contributed by atoms with E-state index in [2.05, 4.69) is 10.00 Å². The Morgan fingerprint density at radius 3 is 2.85 bits per heavy atom. The van der Waals surface area contributed by atoms with Gasteiger partial charge in [-0.2, -0.15) is 5.10 Å². The molecule has 0 spiro atoms. The molecule has 0 saturated heterocycles. The van der Waals surface area contributed by atoms with Crippen molar-refractivity contribution in [2.45, 2.75) is 0 Å². The summed E-state index contributed by atoms with van der Waals surface area (Å²) in [7, 11) is 3.75. The van der Waals surface area contributed by atoms with E-state index in [0.717, 1.165) is 29.2 Å². The van der Waals surface area contributed by atoms with Gasteiger partial charge in [-0.05, 0) is 18.2 Å². The third kappa shape index (κ3) is 1.99. The quantitative estimate of drug-likeness (QED) is 0.900. The number of anilines is 1. The van der Waals surface area contributed by atoms with Gasteiger partial charge in [0.25, 0.3) is 0 Å². The van der Waals surface area contributed by atoms with Crippen molar-refractivity contribution in [1.29, 1.82) is 0 Å². The summed E-state index contributed by atoms with van der Waals surface area (Å²) in [6.07, 6.45) is 0. The van der Waals surface area contributed by atoms with Crippen molar-refractivity contribution >= 4 is 11.7 Å². The summed E-state index contributed by atoms with van der Waals surface area (Å²) < 4.78 is 7.23. The second-order valence-corrected chi connectivity index (χ2v) is 4.80. The van der Waals surface area contributed by atoms with Crippen molar-refractivity contribution in [3.8, 4) is 17.0 Å². The highest BCUT2D eigenvalue weighted by Gasteiger charge is 2.18. The van der Waals surface area contributed by atoms with Gasteiger partial charge in [0.2, 0.25) is 0 Å². The van der Waals surface area contributed by atoms with Crippen molar-refractivity contribution in [3.63, 3.8) is 0 Å². The van der Waals surface area contributed by atoms with Crippen LogP contribution in [0.15, 0.2) is 24.3 Å². The lowest BCUT2D eigenvalue weighted by atomic mass is 10.1. The number of hydrogen-bond acceptors (Lipinski definition) is 4. The molecule has 0 saturated carbocycles. The molecule has 1 aromatic carbocycles. The van der Waals surface area contributed by atoms with E-state index in [9.17, 15) is 4.79 Å². The third-order valence-corrected chi connectivity index (χ3v) is 3.45. The van der Waals surface area contributed by atoms with Gasteiger partial charge in [-0.1, -0.05) is 6.07 Å². The number of carbonyl (C=O) groups is 1. The summed E-state index contributed by atoms with van der Waals surface area (Å²) in [5.41, 5.74) is 2.72. The number of aromatic carboxylic acids is 1. The first kappa shape index (κ1) is 12.5.